The molecule has 4 nitrogen and oxygen atoms in total. The standard InChI is InChI=1S/C11H24N2O2/c1-11(2,6-8-14)9-13-10(15)5-3-4-7-12/h14H,3-9,12H2,1-2H3,(H,13,15). The zero-order valence-corrected chi connectivity index (χ0v) is 9.88. The van der Waals surface area contributed by atoms with E-state index in [1.165, 1.54) is 0 Å². The predicted octanol–water partition coefficient (Wildman–Crippen LogP) is 0.640. The molecule has 0 aliphatic carbocycles. The Labute approximate surface area is 92.2 Å². The molecule has 0 radical (unpaired) electrons. The summed E-state index contributed by atoms with van der Waals surface area (Å²) in [6.45, 7) is 5.49. The van der Waals surface area contributed by atoms with Crippen molar-refractivity contribution in [2.24, 2.45) is 11.1 Å². The Bertz CT molecular complexity index is 181. The summed E-state index contributed by atoms with van der Waals surface area (Å²) in [5, 5.41) is 11.7. The van der Waals surface area contributed by atoms with Gasteiger partial charge < -0.3 is 16.2 Å². The molecule has 0 aromatic carbocycles. The van der Waals surface area contributed by atoms with Gasteiger partial charge in [-0.3, -0.25) is 4.79 Å². The number of unbranched alkanes of at least 4 members (excludes halogenated alkanes) is 1. The van der Waals surface area contributed by atoms with Gasteiger partial charge in [-0.15, -0.1) is 0 Å². The van der Waals surface area contributed by atoms with Crippen molar-refractivity contribution in [1.29, 1.82) is 0 Å². The molecular weight excluding hydrogens is 192 g/mol. The average Bonchev–Trinajstić information content (AvgIpc) is 2.15. The van der Waals surface area contributed by atoms with Crippen molar-refractivity contribution in [3.63, 3.8) is 0 Å². The minimum absolute atomic E-state index is 0.0295. The summed E-state index contributed by atoms with van der Waals surface area (Å²) in [4.78, 5) is 11.4. The summed E-state index contributed by atoms with van der Waals surface area (Å²) in [5.74, 6) is 0.0782. The van der Waals surface area contributed by atoms with Gasteiger partial charge in [0, 0.05) is 19.6 Å². The fourth-order valence-corrected chi connectivity index (χ4v) is 1.25. The van der Waals surface area contributed by atoms with E-state index in [2.05, 4.69) is 5.32 Å². The number of aliphatic hydroxyl groups excluding tert-OH is 1. The van der Waals surface area contributed by atoms with Crippen molar-refractivity contribution >= 4 is 5.91 Å². The topological polar surface area (TPSA) is 75.3 Å². The molecule has 0 unspecified atom stereocenters. The lowest BCUT2D eigenvalue weighted by molar-refractivity contribution is -0.121. The second-order valence-electron chi connectivity index (χ2n) is 4.66. The molecule has 0 aliphatic rings. The van der Waals surface area contributed by atoms with Gasteiger partial charge in [0.25, 0.3) is 0 Å². The summed E-state index contributed by atoms with van der Waals surface area (Å²) in [6.07, 6.45) is 3.00. The molecule has 0 saturated heterocycles. The van der Waals surface area contributed by atoms with Crippen molar-refractivity contribution in [2.75, 3.05) is 19.7 Å². The lowest BCUT2D eigenvalue weighted by Gasteiger charge is -2.23. The number of carbonyl (C=O) groups excluding carboxylic acids is 1. The van der Waals surface area contributed by atoms with Crippen LogP contribution in [0.2, 0.25) is 0 Å². The van der Waals surface area contributed by atoms with Crippen LogP contribution in [0.15, 0.2) is 0 Å². The second kappa shape index (κ2) is 7.65. The third-order valence-electron chi connectivity index (χ3n) is 2.41. The third-order valence-corrected chi connectivity index (χ3v) is 2.41. The first-order valence-corrected chi connectivity index (χ1v) is 5.59. The number of nitrogens with two attached hydrogens (primary N) is 1. The van der Waals surface area contributed by atoms with Crippen LogP contribution in [-0.2, 0) is 4.79 Å². The smallest absolute Gasteiger partial charge is 0.220 e. The van der Waals surface area contributed by atoms with Crippen molar-refractivity contribution in [3.05, 3.63) is 0 Å². The van der Waals surface area contributed by atoms with E-state index in [9.17, 15) is 4.79 Å². The molecule has 0 aliphatic heterocycles. The van der Waals surface area contributed by atoms with Crippen LogP contribution in [0.4, 0.5) is 0 Å². The Morgan fingerprint density at radius 1 is 1.40 bits per heavy atom. The van der Waals surface area contributed by atoms with Gasteiger partial charge in [-0.2, -0.15) is 0 Å². The largest absolute Gasteiger partial charge is 0.396 e. The first-order chi connectivity index (χ1) is 7.02. The van der Waals surface area contributed by atoms with Crippen LogP contribution in [0.25, 0.3) is 0 Å². The molecule has 0 spiro atoms. The van der Waals surface area contributed by atoms with Crippen LogP contribution in [-0.4, -0.2) is 30.7 Å². The quantitative estimate of drug-likeness (QED) is 0.521. The monoisotopic (exact) mass is 216 g/mol. The van der Waals surface area contributed by atoms with Crippen LogP contribution in [0.5, 0.6) is 0 Å². The molecule has 1 amide bonds. The van der Waals surface area contributed by atoms with Gasteiger partial charge in [0.05, 0.1) is 0 Å². The molecule has 0 aromatic heterocycles. The molecule has 0 bridgehead atoms. The Morgan fingerprint density at radius 2 is 2.07 bits per heavy atom. The zero-order valence-electron chi connectivity index (χ0n) is 9.88. The minimum Gasteiger partial charge on any atom is -0.396 e. The van der Waals surface area contributed by atoms with Gasteiger partial charge >= 0.3 is 0 Å². The second-order valence-corrected chi connectivity index (χ2v) is 4.66. The third kappa shape index (κ3) is 8.39. The Balaban J connectivity index is 3.60. The highest BCUT2D eigenvalue weighted by atomic mass is 16.3. The van der Waals surface area contributed by atoms with Crippen LogP contribution in [0, 0.1) is 5.41 Å². The van der Waals surface area contributed by atoms with E-state index >= 15 is 0 Å². The number of nitrogens with one attached hydrogen (secondary N) is 1. The van der Waals surface area contributed by atoms with E-state index in [1.807, 2.05) is 13.8 Å². The maximum Gasteiger partial charge on any atom is 0.220 e. The fraction of sp³-hybridized carbons (Fsp3) is 0.909. The molecule has 0 fully saturated rings. The Morgan fingerprint density at radius 3 is 2.60 bits per heavy atom. The first kappa shape index (κ1) is 14.4. The number of carbonyl (C=O) groups is 1. The highest BCUT2D eigenvalue weighted by Crippen LogP contribution is 2.17. The van der Waals surface area contributed by atoms with E-state index in [1.54, 1.807) is 0 Å². The van der Waals surface area contributed by atoms with E-state index < -0.39 is 0 Å². The number of hydrogen-bond donors (Lipinski definition) is 3. The minimum atomic E-state index is -0.0295. The molecule has 4 N–H and O–H groups in total. The molecule has 90 valence electrons. The average molecular weight is 216 g/mol. The normalized spacial score (nSPS) is 11.5. The molecule has 0 atom stereocenters. The SMILES string of the molecule is CC(C)(CCO)CNC(=O)CCCCN. The number of aliphatic hydroxyl groups is 1. The molecule has 4 heteroatoms. The Kier molecular flexibility index (Phi) is 7.34. The number of hydrogen-bond acceptors (Lipinski definition) is 3. The van der Waals surface area contributed by atoms with Crippen molar-refractivity contribution in [2.45, 2.75) is 39.5 Å². The Hall–Kier alpha value is -0.610. The zero-order chi connectivity index (χ0) is 11.7. The van der Waals surface area contributed by atoms with Crippen molar-refractivity contribution < 1.29 is 9.90 Å². The molecule has 15 heavy (non-hydrogen) atoms. The molecular formula is C11H24N2O2. The van der Waals surface area contributed by atoms with Gasteiger partial charge in [0.2, 0.25) is 5.91 Å². The fourth-order valence-electron chi connectivity index (χ4n) is 1.25. The van der Waals surface area contributed by atoms with Gasteiger partial charge in [-0.25, -0.2) is 0 Å². The van der Waals surface area contributed by atoms with E-state index in [0.717, 1.165) is 12.8 Å². The summed E-state index contributed by atoms with van der Waals surface area (Å²) in [5.41, 5.74) is 5.31. The molecule has 0 heterocycles. The maximum atomic E-state index is 11.4. The van der Waals surface area contributed by atoms with Gasteiger partial charge in [0.15, 0.2) is 0 Å². The summed E-state index contributed by atoms with van der Waals surface area (Å²) < 4.78 is 0. The van der Waals surface area contributed by atoms with Crippen molar-refractivity contribution in [3.8, 4) is 0 Å². The van der Waals surface area contributed by atoms with Gasteiger partial charge in [0.1, 0.15) is 0 Å². The highest BCUT2D eigenvalue weighted by molar-refractivity contribution is 5.75. The summed E-state index contributed by atoms with van der Waals surface area (Å²) >= 11 is 0. The van der Waals surface area contributed by atoms with E-state index in [-0.39, 0.29) is 17.9 Å². The van der Waals surface area contributed by atoms with Gasteiger partial charge in [-0.1, -0.05) is 13.8 Å². The predicted molar refractivity (Wildman–Crippen MR) is 61.4 cm³/mol. The van der Waals surface area contributed by atoms with Crippen LogP contribution >= 0.6 is 0 Å². The van der Waals surface area contributed by atoms with Crippen molar-refractivity contribution in [1.82, 2.24) is 5.32 Å². The number of rotatable bonds is 8. The maximum absolute atomic E-state index is 11.4. The van der Waals surface area contributed by atoms with Crippen LogP contribution < -0.4 is 11.1 Å². The molecule has 0 rings (SSSR count). The lowest BCUT2D eigenvalue weighted by Crippen LogP contribution is -2.34. The van der Waals surface area contributed by atoms with E-state index in [0.29, 0.717) is 25.9 Å². The van der Waals surface area contributed by atoms with Gasteiger partial charge in [-0.05, 0) is 31.2 Å². The summed E-state index contributed by atoms with van der Waals surface area (Å²) in [6, 6.07) is 0. The van der Waals surface area contributed by atoms with Crippen LogP contribution in [0.1, 0.15) is 39.5 Å². The lowest BCUT2D eigenvalue weighted by atomic mass is 9.90. The van der Waals surface area contributed by atoms with Crippen LogP contribution in [0.3, 0.4) is 0 Å². The number of amides is 1. The first-order valence-electron chi connectivity index (χ1n) is 5.59. The molecule has 0 saturated carbocycles. The molecule has 0 aromatic rings. The van der Waals surface area contributed by atoms with E-state index in [4.69, 9.17) is 10.8 Å². The summed E-state index contributed by atoms with van der Waals surface area (Å²) in [7, 11) is 0. The highest BCUT2D eigenvalue weighted by Gasteiger charge is 2.17.